The molecule has 0 radical (unpaired) electrons. The van der Waals surface area contributed by atoms with Gasteiger partial charge in [-0.2, -0.15) is 0 Å². The molecule has 35 heavy (non-hydrogen) atoms. The maximum Gasteiger partial charge on any atom is 0.265 e. The van der Waals surface area contributed by atoms with Gasteiger partial charge in [0.1, 0.15) is 0 Å². The Morgan fingerprint density at radius 3 is 2.29 bits per heavy atom. The molecule has 1 aliphatic rings. The number of likely N-dealkylation sites (N-methyl/N-ethyl adjacent to an activating group) is 1. The van der Waals surface area contributed by atoms with Crippen molar-refractivity contribution < 1.29 is 28.0 Å². The van der Waals surface area contributed by atoms with Crippen molar-refractivity contribution in [2.24, 2.45) is 5.92 Å². The zero-order chi connectivity index (χ0) is 24.9. The van der Waals surface area contributed by atoms with Gasteiger partial charge in [0, 0.05) is 38.6 Å². The number of ether oxygens (including phenoxy) is 1. The molecule has 1 aromatic carbocycles. The van der Waals surface area contributed by atoms with Crippen LogP contribution in [0.4, 0.5) is 0 Å². The second kappa shape index (κ2) is 11.9. The van der Waals surface area contributed by atoms with E-state index < -0.39 is 20.5 Å². The number of aromatic nitrogens is 1. The predicted octanol–water partition coefficient (Wildman–Crippen LogP) is 2.66. The number of hydrogen-bond donors (Lipinski definition) is 2. The van der Waals surface area contributed by atoms with Crippen LogP contribution in [0.3, 0.4) is 0 Å². The van der Waals surface area contributed by atoms with E-state index in [2.05, 4.69) is 18.8 Å². The molecule has 2 heterocycles. The molecule has 0 bridgehead atoms. The number of carbonyl (C=O) groups excluding carboxylic acids is 2. The van der Waals surface area contributed by atoms with Gasteiger partial charge < -0.3 is 9.64 Å². The third kappa shape index (κ3) is 6.19. The number of sulfone groups is 1. The smallest absolute Gasteiger partial charge is 0.265 e. The third-order valence-electron chi connectivity index (χ3n) is 6.05. The lowest BCUT2D eigenvalue weighted by Gasteiger charge is -2.34. The van der Waals surface area contributed by atoms with E-state index in [1.807, 2.05) is 24.3 Å². The second-order valence-corrected chi connectivity index (χ2v) is 11.2. The number of nitrogens with zero attached hydrogens (tertiary/aromatic N) is 2. The summed E-state index contributed by atoms with van der Waals surface area (Å²) in [4.78, 5) is 30.6. The Morgan fingerprint density at radius 2 is 1.77 bits per heavy atom. The van der Waals surface area contributed by atoms with E-state index >= 15 is 0 Å². The quantitative estimate of drug-likeness (QED) is 0.401. The third-order valence-corrected chi connectivity index (χ3v) is 8.53. The van der Waals surface area contributed by atoms with Gasteiger partial charge in [0.2, 0.25) is 5.91 Å². The molecule has 0 spiro atoms. The molecule has 2 N–H and O–H groups in total. The van der Waals surface area contributed by atoms with Gasteiger partial charge in [-0.25, -0.2) is 13.9 Å². The molecule has 2 amide bonds. The number of pyridine rings is 1. The number of nitrogens with one attached hydrogen (secondary N) is 1. The highest BCUT2D eigenvalue weighted by atomic mass is 35.5. The van der Waals surface area contributed by atoms with E-state index in [-0.39, 0.29) is 49.3 Å². The van der Waals surface area contributed by atoms with Crippen molar-refractivity contribution in [3.8, 4) is 11.3 Å². The highest BCUT2D eigenvalue weighted by Crippen LogP contribution is 2.35. The van der Waals surface area contributed by atoms with E-state index in [0.29, 0.717) is 24.6 Å². The average molecular weight is 526 g/mol. The Bertz CT molecular complexity index is 1110. The summed E-state index contributed by atoms with van der Waals surface area (Å²) in [6.45, 7) is 5.02. The number of hydrogen-bond acceptors (Lipinski definition) is 7. The van der Waals surface area contributed by atoms with Crippen LogP contribution in [0.25, 0.3) is 11.3 Å². The van der Waals surface area contributed by atoms with E-state index in [0.717, 1.165) is 11.1 Å². The molecule has 1 aliphatic heterocycles. The molecule has 192 valence electrons. The maximum absolute atomic E-state index is 13.3. The summed E-state index contributed by atoms with van der Waals surface area (Å²) < 4.78 is 30.1. The van der Waals surface area contributed by atoms with Crippen molar-refractivity contribution in [3.63, 3.8) is 0 Å². The number of hydroxylamine groups is 1. The molecular weight excluding hydrogens is 494 g/mol. The zero-order valence-electron chi connectivity index (χ0n) is 20.1. The van der Waals surface area contributed by atoms with Gasteiger partial charge >= 0.3 is 0 Å². The lowest BCUT2D eigenvalue weighted by Crippen LogP contribution is -2.54. The highest BCUT2D eigenvalue weighted by molar-refractivity contribution is 7.93. The van der Waals surface area contributed by atoms with Gasteiger partial charge in [0.25, 0.3) is 5.91 Å². The first-order chi connectivity index (χ1) is 16.1. The fourth-order valence-corrected chi connectivity index (χ4v) is 5.99. The van der Waals surface area contributed by atoms with Gasteiger partial charge in [-0.1, -0.05) is 38.1 Å². The van der Waals surface area contributed by atoms with Crippen LogP contribution in [0.1, 0.15) is 32.3 Å². The van der Waals surface area contributed by atoms with Gasteiger partial charge in [-0.3, -0.25) is 19.8 Å². The molecule has 2 aromatic rings. The molecule has 0 aliphatic carbocycles. The predicted molar refractivity (Wildman–Crippen MR) is 133 cm³/mol. The van der Waals surface area contributed by atoms with Crippen LogP contribution >= 0.6 is 12.4 Å². The van der Waals surface area contributed by atoms with Crippen molar-refractivity contribution in [2.45, 2.75) is 42.8 Å². The van der Waals surface area contributed by atoms with E-state index in [1.54, 1.807) is 18.0 Å². The van der Waals surface area contributed by atoms with Gasteiger partial charge in [0.15, 0.2) is 14.6 Å². The molecule has 0 saturated carbocycles. The van der Waals surface area contributed by atoms with Crippen molar-refractivity contribution in [3.05, 3.63) is 48.2 Å². The molecule has 1 aromatic heterocycles. The lowest BCUT2D eigenvalue weighted by atomic mass is 9.98. The number of carbonyl (C=O) groups is 2. The van der Waals surface area contributed by atoms with Crippen molar-refractivity contribution >= 4 is 34.1 Å². The highest BCUT2D eigenvalue weighted by Gasteiger charge is 2.52. The minimum Gasteiger partial charge on any atom is -0.381 e. The van der Waals surface area contributed by atoms with Crippen molar-refractivity contribution in [1.29, 1.82) is 0 Å². The van der Waals surface area contributed by atoms with E-state index in [1.165, 1.54) is 17.7 Å². The largest absolute Gasteiger partial charge is 0.381 e. The topological polar surface area (TPSA) is 126 Å². The van der Waals surface area contributed by atoms with Crippen LogP contribution in [0.15, 0.2) is 47.5 Å². The first-order valence-corrected chi connectivity index (χ1v) is 12.7. The number of rotatable bonds is 8. The first-order valence-electron chi connectivity index (χ1n) is 11.2. The van der Waals surface area contributed by atoms with Crippen molar-refractivity contribution in [1.82, 2.24) is 15.4 Å². The van der Waals surface area contributed by atoms with Gasteiger partial charge in [0.05, 0.1) is 17.0 Å². The van der Waals surface area contributed by atoms with Gasteiger partial charge in [-0.15, -0.1) is 12.4 Å². The van der Waals surface area contributed by atoms with E-state index in [4.69, 9.17) is 9.94 Å². The fraction of sp³-hybridized carbons (Fsp3) is 0.458. The summed E-state index contributed by atoms with van der Waals surface area (Å²) in [5.41, 5.74) is 3.70. The van der Waals surface area contributed by atoms with Gasteiger partial charge in [-0.05, 0) is 36.5 Å². The lowest BCUT2D eigenvalue weighted by molar-refractivity contribution is -0.134. The molecule has 0 atom stereocenters. The summed E-state index contributed by atoms with van der Waals surface area (Å²) in [6.07, 6.45) is 1.41. The summed E-state index contributed by atoms with van der Waals surface area (Å²) in [5.74, 6) is -0.527. The standard InChI is InChI=1S/C24H31N3O6S.ClH/c1-17(2)16-27(3)22(28)14-18-4-6-19(7-5-18)21-9-8-20(15-25-21)34(31,32)24(23(29)26-30)10-12-33-13-11-24;/h4-9,15,17,30H,10-14,16H2,1-3H3,(H,26,29);1H. The summed E-state index contributed by atoms with van der Waals surface area (Å²) in [7, 11) is -2.33. The Hall–Kier alpha value is -2.53. The Morgan fingerprint density at radius 1 is 1.14 bits per heavy atom. The van der Waals surface area contributed by atoms with E-state index in [9.17, 15) is 18.0 Å². The first kappa shape index (κ1) is 28.7. The molecule has 1 saturated heterocycles. The molecule has 1 fully saturated rings. The summed E-state index contributed by atoms with van der Waals surface area (Å²) in [5, 5.41) is 9.16. The van der Waals surface area contributed by atoms with Crippen LogP contribution in [0.5, 0.6) is 0 Å². The van der Waals surface area contributed by atoms with Crippen LogP contribution < -0.4 is 5.48 Å². The van der Waals surface area contributed by atoms with Crippen LogP contribution in [0.2, 0.25) is 0 Å². The SMILES string of the molecule is CC(C)CN(C)C(=O)Cc1ccc(-c2ccc(S(=O)(=O)C3(C(=O)NO)CCOCC3)cn2)cc1.Cl. The fourth-order valence-electron chi connectivity index (χ4n) is 4.11. The molecule has 0 unspecified atom stereocenters. The summed E-state index contributed by atoms with van der Waals surface area (Å²) in [6, 6.07) is 10.4. The number of benzene rings is 1. The molecule has 9 nitrogen and oxygen atoms in total. The van der Waals surface area contributed by atoms with Crippen LogP contribution in [-0.2, 0) is 30.6 Å². The molecular formula is C24H32ClN3O6S. The molecule has 11 heteroatoms. The van der Waals surface area contributed by atoms with Crippen LogP contribution in [0, 0.1) is 5.92 Å². The zero-order valence-corrected chi connectivity index (χ0v) is 21.7. The van der Waals surface area contributed by atoms with Crippen LogP contribution in [-0.4, -0.2) is 66.9 Å². The Balaban J connectivity index is 0.00000432. The minimum absolute atomic E-state index is 0. The number of amides is 2. The average Bonchev–Trinajstić information content (AvgIpc) is 2.84. The number of halogens is 1. The van der Waals surface area contributed by atoms with Crippen molar-refractivity contribution in [2.75, 3.05) is 26.8 Å². The Labute approximate surface area is 212 Å². The monoisotopic (exact) mass is 525 g/mol. The summed E-state index contributed by atoms with van der Waals surface area (Å²) >= 11 is 0. The molecule has 3 rings (SSSR count). The second-order valence-electron chi connectivity index (χ2n) is 8.97. The Kier molecular flexibility index (Phi) is 9.79. The normalized spacial score (nSPS) is 15.2. The maximum atomic E-state index is 13.3. The minimum atomic E-state index is -4.13.